The zero-order valence-electron chi connectivity index (χ0n) is 31.6. The molecular weight excluding hydrogens is 743 g/mol. The molecule has 4 amide bonds. The van der Waals surface area contributed by atoms with Gasteiger partial charge in [-0.05, 0) is 116 Å². The fraction of sp³-hybridized carbons (Fsp3) is 0.318. The summed E-state index contributed by atoms with van der Waals surface area (Å²) in [6.07, 6.45) is 2.47. The van der Waals surface area contributed by atoms with E-state index in [0.717, 1.165) is 107 Å². The lowest BCUT2D eigenvalue weighted by molar-refractivity contribution is -0.136. The van der Waals surface area contributed by atoms with Crippen LogP contribution in [0.15, 0.2) is 84.9 Å². The molecule has 2 N–H and O–H groups in total. The highest BCUT2D eigenvalue weighted by molar-refractivity contribution is 7.22. The van der Waals surface area contributed by atoms with Crippen molar-refractivity contribution in [2.24, 2.45) is 5.92 Å². The minimum Gasteiger partial charge on any atom is -0.508 e. The van der Waals surface area contributed by atoms with Crippen LogP contribution in [0.4, 0.5) is 11.4 Å². The van der Waals surface area contributed by atoms with Gasteiger partial charge in [0.1, 0.15) is 23.3 Å². The number of thiophene rings is 1. The highest BCUT2D eigenvalue weighted by Gasteiger charge is 2.45. The largest absolute Gasteiger partial charge is 0.508 e. The number of anilines is 2. The van der Waals surface area contributed by atoms with Crippen molar-refractivity contribution in [3.05, 3.63) is 96.1 Å². The van der Waals surface area contributed by atoms with E-state index in [0.29, 0.717) is 17.0 Å². The summed E-state index contributed by atoms with van der Waals surface area (Å²) in [6, 6.07) is 26.0. The average Bonchev–Trinajstić information content (AvgIpc) is 3.70. The summed E-state index contributed by atoms with van der Waals surface area (Å²) < 4.78 is 12.9. The minimum atomic E-state index is -0.967. The molecule has 3 fully saturated rings. The molecule has 4 aliphatic heterocycles. The van der Waals surface area contributed by atoms with Crippen LogP contribution in [-0.2, 0) is 9.59 Å². The third kappa shape index (κ3) is 7.17. The van der Waals surface area contributed by atoms with Gasteiger partial charge in [-0.2, -0.15) is 0 Å². The maximum atomic E-state index is 13.3. The number of piperidine rings is 2. The number of phenols is 1. The number of ether oxygens (including phenoxy) is 2. The molecule has 292 valence electrons. The first-order valence-corrected chi connectivity index (χ1v) is 20.3. The number of hydrogen-bond donors (Lipinski definition) is 2. The SMILES string of the molecule is COc1ccc(-c2sc3cc(O)ccc3c2Oc2ccc(N3CCC(CN4CCN(c5ccc6c(c5)C(=O)N(C5CCC(=O)NC5=O)C6=O)CC4)CC3)cc2)cc1. The Morgan fingerprint density at radius 3 is 2.14 bits per heavy atom. The molecule has 0 radical (unpaired) electrons. The van der Waals surface area contributed by atoms with Crippen molar-refractivity contribution in [1.29, 1.82) is 0 Å². The van der Waals surface area contributed by atoms with E-state index in [1.807, 2.05) is 48.5 Å². The number of fused-ring (bicyclic) bond motifs is 2. The molecule has 1 atom stereocenters. The number of nitrogens with one attached hydrogen (secondary N) is 1. The maximum Gasteiger partial charge on any atom is 0.262 e. The number of carbonyl (C=O) groups excluding carboxylic acids is 4. The van der Waals surface area contributed by atoms with Crippen LogP contribution in [0.3, 0.4) is 0 Å². The number of benzene rings is 4. The molecule has 13 heteroatoms. The smallest absolute Gasteiger partial charge is 0.262 e. The van der Waals surface area contributed by atoms with E-state index < -0.39 is 23.8 Å². The van der Waals surface area contributed by atoms with Crippen molar-refractivity contribution < 1.29 is 33.8 Å². The van der Waals surface area contributed by atoms with Crippen LogP contribution < -0.4 is 24.6 Å². The number of rotatable bonds is 9. The zero-order valence-corrected chi connectivity index (χ0v) is 32.4. The molecule has 57 heavy (non-hydrogen) atoms. The number of hydrogen-bond acceptors (Lipinski definition) is 11. The molecule has 5 heterocycles. The van der Waals surface area contributed by atoms with Crippen LogP contribution in [-0.4, -0.2) is 97.5 Å². The van der Waals surface area contributed by atoms with E-state index in [-0.39, 0.29) is 24.5 Å². The van der Waals surface area contributed by atoms with Gasteiger partial charge in [-0.1, -0.05) is 0 Å². The van der Waals surface area contributed by atoms with Gasteiger partial charge in [0.05, 0.1) is 23.1 Å². The maximum absolute atomic E-state index is 13.3. The molecule has 12 nitrogen and oxygen atoms in total. The third-order valence-electron chi connectivity index (χ3n) is 11.7. The number of piperazine rings is 1. The fourth-order valence-corrected chi connectivity index (χ4v) is 9.69. The van der Waals surface area contributed by atoms with Gasteiger partial charge in [-0.15, -0.1) is 11.3 Å². The topological polar surface area (TPSA) is 132 Å². The van der Waals surface area contributed by atoms with E-state index >= 15 is 0 Å². The van der Waals surface area contributed by atoms with Crippen molar-refractivity contribution in [1.82, 2.24) is 15.1 Å². The Hall–Kier alpha value is -5.92. The second-order valence-corrected chi connectivity index (χ2v) is 16.2. The first kappa shape index (κ1) is 36.7. The van der Waals surface area contributed by atoms with E-state index in [1.165, 1.54) is 5.69 Å². The molecule has 0 bridgehead atoms. The second-order valence-electron chi connectivity index (χ2n) is 15.2. The number of carbonyl (C=O) groups is 4. The Bertz CT molecular complexity index is 2360. The van der Waals surface area contributed by atoms with Gasteiger partial charge in [-0.3, -0.25) is 34.3 Å². The Balaban J connectivity index is 0.778. The van der Waals surface area contributed by atoms with Crippen LogP contribution in [0.5, 0.6) is 23.0 Å². The highest BCUT2D eigenvalue weighted by atomic mass is 32.1. The van der Waals surface area contributed by atoms with Gasteiger partial charge in [0.2, 0.25) is 11.8 Å². The lowest BCUT2D eigenvalue weighted by Crippen LogP contribution is -2.54. The molecule has 5 aromatic rings. The molecule has 0 saturated carbocycles. The Morgan fingerprint density at radius 1 is 0.737 bits per heavy atom. The number of amides is 4. The molecule has 9 rings (SSSR count). The van der Waals surface area contributed by atoms with E-state index in [4.69, 9.17) is 9.47 Å². The van der Waals surface area contributed by atoms with Crippen LogP contribution in [0.2, 0.25) is 0 Å². The third-order valence-corrected chi connectivity index (χ3v) is 12.9. The van der Waals surface area contributed by atoms with Crippen LogP contribution in [0.25, 0.3) is 20.5 Å². The van der Waals surface area contributed by atoms with Crippen LogP contribution >= 0.6 is 11.3 Å². The molecule has 1 unspecified atom stereocenters. The lowest BCUT2D eigenvalue weighted by Gasteiger charge is -2.40. The summed E-state index contributed by atoms with van der Waals surface area (Å²) in [6.45, 7) is 6.48. The number of imide groups is 2. The normalized spacial score (nSPS) is 19.3. The summed E-state index contributed by atoms with van der Waals surface area (Å²) in [4.78, 5) is 59.8. The zero-order chi connectivity index (χ0) is 39.2. The Kier molecular flexibility index (Phi) is 9.79. The van der Waals surface area contributed by atoms with Gasteiger partial charge in [0, 0.05) is 73.7 Å². The molecule has 4 aliphatic rings. The Morgan fingerprint density at radius 2 is 1.42 bits per heavy atom. The molecule has 0 spiro atoms. The number of methoxy groups -OCH3 is 1. The first-order chi connectivity index (χ1) is 27.7. The van der Waals surface area contributed by atoms with Gasteiger partial charge >= 0.3 is 0 Å². The molecule has 0 aliphatic carbocycles. The summed E-state index contributed by atoms with van der Waals surface area (Å²) in [5.41, 5.74) is 3.71. The lowest BCUT2D eigenvalue weighted by atomic mass is 9.95. The van der Waals surface area contributed by atoms with Crippen LogP contribution in [0.1, 0.15) is 46.4 Å². The highest BCUT2D eigenvalue weighted by Crippen LogP contribution is 2.47. The van der Waals surface area contributed by atoms with Crippen molar-refractivity contribution in [2.45, 2.75) is 31.7 Å². The summed E-state index contributed by atoms with van der Waals surface area (Å²) in [5.74, 6) is 1.20. The molecule has 3 saturated heterocycles. The fourth-order valence-electron chi connectivity index (χ4n) is 8.52. The van der Waals surface area contributed by atoms with Crippen LogP contribution in [0, 0.1) is 5.92 Å². The summed E-state index contributed by atoms with van der Waals surface area (Å²) in [7, 11) is 1.65. The summed E-state index contributed by atoms with van der Waals surface area (Å²) >= 11 is 1.59. The molecular formula is C44H43N5O7S. The number of phenolic OH excluding ortho intramolecular Hbond substituents is 1. The molecule has 1 aromatic heterocycles. The summed E-state index contributed by atoms with van der Waals surface area (Å²) in [5, 5.41) is 13.4. The predicted molar refractivity (Wildman–Crippen MR) is 219 cm³/mol. The van der Waals surface area contributed by atoms with Gasteiger partial charge in [0.25, 0.3) is 11.8 Å². The predicted octanol–water partition coefficient (Wildman–Crippen LogP) is 6.51. The van der Waals surface area contributed by atoms with Crippen molar-refractivity contribution in [3.63, 3.8) is 0 Å². The quantitative estimate of drug-likeness (QED) is 0.160. The Labute approximate surface area is 334 Å². The van der Waals surface area contributed by atoms with Gasteiger partial charge in [-0.25, -0.2) is 0 Å². The van der Waals surface area contributed by atoms with E-state index in [2.05, 4.69) is 32.1 Å². The van der Waals surface area contributed by atoms with Crippen molar-refractivity contribution in [2.75, 3.05) is 62.7 Å². The van der Waals surface area contributed by atoms with Crippen molar-refractivity contribution in [3.8, 4) is 33.4 Å². The van der Waals surface area contributed by atoms with E-state index in [1.54, 1.807) is 42.7 Å². The standard InChI is InChI=1S/C44H43N5O7S/c1-55-32-8-2-28(3-9-32)41-40(35-13-7-31(50)25-38(35)57-41)56-33-10-4-29(5-11-33)47-18-16-27(17-19-47)26-46-20-22-48(23-21-46)30-6-12-34-36(24-30)44(54)49(43(34)53)37-14-15-39(51)45-42(37)52/h2-13,24-25,27,37,50H,14-23,26H2,1H3,(H,45,51,52). The monoisotopic (exact) mass is 785 g/mol. The van der Waals surface area contributed by atoms with Crippen molar-refractivity contribution >= 4 is 56.4 Å². The van der Waals surface area contributed by atoms with Gasteiger partial charge in [0.15, 0.2) is 5.75 Å². The molecule has 4 aromatic carbocycles. The number of nitrogens with zero attached hydrogens (tertiary/aromatic N) is 4. The number of aromatic hydroxyl groups is 1. The minimum absolute atomic E-state index is 0.0970. The van der Waals surface area contributed by atoms with E-state index in [9.17, 15) is 24.3 Å². The first-order valence-electron chi connectivity index (χ1n) is 19.5. The second kappa shape index (κ2) is 15.2. The van der Waals surface area contributed by atoms with Gasteiger partial charge < -0.3 is 24.4 Å². The average molecular weight is 786 g/mol.